The number of hydrogen-bond acceptors (Lipinski definition) is 6. The second-order valence-electron chi connectivity index (χ2n) is 9.78. The van der Waals surface area contributed by atoms with Crippen LogP contribution >= 0.6 is 11.3 Å². The largest absolute Gasteiger partial charge is 0.457 e. The highest BCUT2D eigenvalue weighted by atomic mass is 32.1. The number of ether oxygens (including phenoxy) is 1. The Morgan fingerprint density at radius 1 is 1.07 bits per heavy atom. The van der Waals surface area contributed by atoms with Crippen molar-refractivity contribution >= 4 is 56.5 Å². The number of anilines is 3. The van der Waals surface area contributed by atoms with E-state index in [1.165, 1.54) is 17.4 Å². The molecule has 1 aliphatic carbocycles. The van der Waals surface area contributed by atoms with Gasteiger partial charge in [0, 0.05) is 18.3 Å². The summed E-state index contributed by atoms with van der Waals surface area (Å²) >= 11 is 1.23. The lowest BCUT2D eigenvalue weighted by Crippen LogP contribution is -2.48. The number of urea groups is 1. The van der Waals surface area contributed by atoms with Crippen molar-refractivity contribution < 1.29 is 19.1 Å². The zero-order chi connectivity index (χ0) is 27.8. The molecule has 4 amide bonds. The minimum Gasteiger partial charge on any atom is -0.457 e. The highest BCUT2D eigenvalue weighted by Gasteiger charge is 2.35. The Balaban J connectivity index is 1.30. The molecule has 3 heterocycles. The van der Waals surface area contributed by atoms with Gasteiger partial charge in [-0.15, -0.1) is 11.3 Å². The van der Waals surface area contributed by atoms with Crippen LogP contribution in [0.2, 0.25) is 0 Å². The van der Waals surface area contributed by atoms with Gasteiger partial charge in [-0.1, -0.05) is 24.8 Å². The fourth-order valence-electron chi connectivity index (χ4n) is 5.33. The number of benzene rings is 2. The second-order valence-corrected chi connectivity index (χ2v) is 10.8. The Labute approximate surface area is 234 Å². The molecular formula is C30H27N5O4S. The Hall–Kier alpha value is -4.70. The van der Waals surface area contributed by atoms with Crippen LogP contribution in [0.15, 0.2) is 73.4 Å². The summed E-state index contributed by atoms with van der Waals surface area (Å²) in [5, 5.41) is 9.62. The van der Waals surface area contributed by atoms with Crippen LogP contribution in [0.4, 0.5) is 21.9 Å². The molecule has 1 saturated carbocycles. The molecule has 2 aromatic heterocycles. The molecule has 0 spiro atoms. The number of aryl methyl sites for hydroxylation is 1. The molecule has 10 heteroatoms. The number of thiophene rings is 1. The Bertz CT molecular complexity index is 1650. The van der Waals surface area contributed by atoms with Crippen molar-refractivity contribution in [3.63, 3.8) is 0 Å². The van der Waals surface area contributed by atoms with Crippen LogP contribution in [0.5, 0.6) is 11.5 Å². The lowest BCUT2D eigenvalue weighted by molar-refractivity contribution is -0.117. The van der Waals surface area contributed by atoms with E-state index in [4.69, 9.17) is 4.74 Å². The lowest BCUT2D eigenvalue weighted by Gasteiger charge is -2.29. The highest BCUT2D eigenvalue weighted by molar-refractivity contribution is 7.21. The standard InChI is InChI=1S/C30H27N5O4S/c1-3-24(36)32-20-10-7-11-21(20)33-28(37)27-26-25-23(14-15-31-29(25)40-27)35(30(38)34-26)22-13-12-19(16-17(22)2)39-18-8-5-4-6-9-18/h3-6,8-9,12-16,20-21H,1,7,10-11H2,2H3,(H,32,36)(H,33,37)(H,34,38)/t20-,21-/m0/s1. The summed E-state index contributed by atoms with van der Waals surface area (Å²) in [6.07, 6.45) is 5.29. The van der Waals surface area contributed by atoms with Gasteiger partial charge in [0.1, 0.15) is 21.2 Å². The van der Waals surface area contributed by atoms with E-state index in [2.05, 4.69) is 27.5 Å². The number of aromatic nitrogens is 1. The minimum atomic E-state index is -0.371. The average molecular weight is 554 g/mol. The quantitative estimate of drug-likeness (QED) is 0.242. The zero-order valence-corrected chi connectivity index (χ0v) is 22.6. The maximum atomic E-state index is 13.5. The van der Waals surface area contributed by atoms with Crippen LogP contribution in [-0.2, 0) is 4.79 Å². The van der Waals surface area contributed by atoms with Crippen molar-refractivity contribution in [2.45, 2.75) is 38.3 Å². The summed E-state index contributed by atoms with van der Waals surface area (Å²) in [7, 11) is 0. The molecule has 6 rings (SSSR count). The smallest absolute Gasteiger partial charge is 0.331 e. The monoisotopic (exact) mass is 553 g/mol. The molecule has 0 saturated heterocycles. The fraction of sp³-hybridized carbons (Fsp3) is 0.200. The molecule has 40 heavy (non-hydrogen) atoms. The van der Waals surface area contributed by atoms with Gasteiger partial charge in [-0.05, 0) is 74.2 Å². The molecular weight excluding hydrogens is 526 g/mol. The molecule has 4 aromatic rings. The molecule has 1 fully saturated rings. The summed E-state index contributed by atoms with van der Waals surface area (Å²) in [5.74, 6) is 0.816. The molecule has 202 valence electrons. The zero-order valence-electron chi connectivity index (χ0n) is 21.8. The number of nitrogens with one attached hydrogen (secondary N) is 3. The Morgan fingerprint density at radius 2 is 1.85 bits per heavy atom. The van der Waals surface area contributed by atoms with Gasteiger partial charge in [-0.2, -0.15) is 0 Å². The first-order chi connectivity index (χ1) is 19.4. The number of rotatable bonds is 7. The molecule has 1 aliphatic heterocycles. The summed E-state index contributed by atoms with van der Waals surface area (Å²) in [6, 6.07) is 16.1. The van der Waals surface area contributed by atoms with E-state index in [-0.39, 0.29) is 29.9 Å². The normalized spacial score (nSPS) is 17.8. The van der Waals surface area contributed by atoms with Gasteiger partial charge in [0.05, 0.1) is 22.4 Å². The van der Waals surface area contributed by atoms with E-state index >= 15 is 0 Å². The van der Waals surface area contributed by atoms with Gasteiger partial charge in [0.15, 0.2) is 0 Å². The second kappa shape index (κ2) is 10.5. The summed E-state index contributed by atoms with van der Waals surface area (Å²) in [4.78, 5) is 45.9. The van der Waals surface area contributed by atoms with Crippen LogP contribution in [0, 0.1) is 6.92 Å². The highest BCUT2D eigenvalue weighted by Crippen LogP contribution is 2.46. The predicted molar refractivity (Wildman–Crippen MR) is 156 cm³/mol. The maximum Gasteiger partial charge on any atom is 0.331 e. The number of pyridine rings is 1. The molecule has 0 unspecified atom stereocenters. The first-order valence-electron chi connectivity index (χ1n) is 13.0. The van der Waals surface area contributed by atoms with Gasteiger partial charge >= 0.3 is 6.03 Å². The molecule has 0 bridgehead atoms. The number of nitrogens with zero attached hydrogens (tertiary/aromatic N) is 2. The van der Waals surface area contributed by atoms with Crippen LogP contribution in [-0.4, -0.2) is 34.9 Å². The van der Waals surface area contributed by atoms with E-state index in [0.717, 1.165) is 30.6 Å². The van der Waals surface area contributed by atoms with Gasteiger partial charge in [0.25, 0.3) is 5.91 Å². The topological polar surface area (TPSA) is 113 Å². The SMILES string of the molecule is C=CC(=O)N[C@H]1CCC[C@@H]1NC(=O)c1sc2nccc3c2c1NC(=O)N3c1ccc(Oc2ccccc2)cc1C. The first-order valence-corrected chi connectivity index (χ1v) is 13.8. The molecule has 2 aromatic carbocycles. The Morgan fingerprint density at radius 3 is 2.60 bits per heavy atom. The van der Waals surface area contributed by atoms with Crippen molar-refractivity contribution in [2.75, 3.05) is 10.2 Å². The summed E-state index contributed by atoms with van der Waals surface area (Å²) < 4.78 is 5.96. The van der Waals surface area contributed by atoms with Crippen molar-refractivity contribution in [3.8, 4) is 11.5 Å². The van der Waals surface area contributed by atoms with Gasteiger partial charge in [-0.3, -0.25) is 14.5 Å². The molecule has 0 radical (unpaired) electrons. The third-order valence-electron chi connectivity index (χ3n) is 7.19. The van der Waals surface area contributed by atoms with E-state index < -0.39 is 0 Å². The molecule has 2 aliphatic rings. The molecule has 2 atom stereocenters. The van der Waals surface area contributed by atoms with E-state index in [9.17, 15) is 14.4 Å². The third-order valence-corrected chi connectivity index (χ3v) is 8.28. The van der Waals surface area contributed by atoms with Crippen molar-refractivity contribution in [1.82, 2.24) is 15.6 Å². The summed E-state index contributed by atoms with van der Waals surface area (Å²) in [5.41, 5.74) is 2.64. The van der Waals surface area contributed by atoms with Crippen LogP contribution in [0.3, 0.4) is 0 Å². The van der Waals surface area contributed by atoms with E-state index in [0.29, 0.717) is 37.9 Å². The van der Waals surface area contributed by atoms with Gasteiger partial charge in [-0.25, -0.2) is 9.78 Å². The number of para-hydroxylation sites is 1. The van der Waals surface area contributed by atoms with Gasteiger partial charge < -0.3 is 20.7 Å². The molecule has 9 nitrogen and oxygen atoms in total. The van der Waals surface area contributed by atoms with Crippen LogP contribution in [0.25, 0.3) is 10.2 Å². The number of carbonyl (C=O) groups excluding carboxylic acids is 3. The van der Waals surface area contributed by atoms with Crippen LogP contribution < -0.4 is 25.6 Å². The van der Waals surface area contributed by atoms with E-state index in [1.54, 1.807) is 17.2 Å². The third kappa shape index (κ3) is 4.66. The molecule has 3 N–H and O–H groups in total. The van der Waals surface area contributed by atoms with Crippen LogP contribution in [0.1, 0.15) is 34.5 Å². The number of amides is 4. The number of carbonyl (C=O) groups is 3. The lowest BCUT2D eigenvalue weighted by atomic mass is 10.1. The maximum absolute atomic E-state index is 13.5. The minimum absolute atomic E-state index is 0.171. The van der Waals surface area contributed by atoms with Gasteiger partial charge in [0.2, 0.25) is 5.91 Å². The van der Waals surface area contributed by atoms with Crippen molar-refractivity contribution in [3.05, 3.63) is 83.9 Å². The average Bonchev–Trinajstić information content (AvgIpc) is 3.55. The fourth-order valence-corrected chi connectivity index (χ4v) is 6.35. The van der Waals surface area contributed by atoms with Crippen molar-refractivity contribution in [1.29, 1.82) is 0 Å². The predicted octanol–water partition coefficient (Wildman–Crippen LogP) is 6.03. The van der Waals surface area contributed by atoms with Crippen molar-refractivity contribution in [2.24, 2.45) is 0 Å². The Kier molecular flexibility index (Phi) is 6.69. The summed E-state index contributed by atoms with van der Waals surface area (Å²) in [6.45, 7) is 5.43. The number of hydrogen-bond donors (Lipinski definition) is 3. The van der Waals surface area contributed by atoms with E-state index in [1.807, 2.05) is 55.5 Å². The first kappa shape index (κ1) is 25.6.